The van der Waals surface area contributed by atoms with Crippen molar-refractivity contribution >= 4 is 27.7 Å². The Morgan fingerprint density at radius 2 is 1.80 bits per heavy atom. The van der Waals surface area contributed by atoms with Gasteiger partial charge >= 0.3 is 0 Å². The first-order valence-electron chi connectivity index (χ1n) is 7.73. The maximum Gasteiger partial charge on any atom is 0.265 e. The quantitative estimate of drug-likeness (QED) is 0.817. The van der Waals surface area contributed by atoms with Crippen LogP contribution >= 0.6 is 15.9 Å². The fraction of sp³-hybridized carbons (Fsp3) is 0.222. The van der Waals surface area contributed by atoms with E-state index in [0.717, 1.165) is 4.47 Å². The highest BCUT2D eigenvalue weighted by molar-refractivity contribution is 9.10. The average molecular weight is 405 g/mol. The zero-order valence-corrected chi connectivity index (χ0v) is 15.0. The SMILES string of the molecule is C[C@@H]1Oc2ccccc2O[C@H]1C(=O)N[C@H](C(N)=O)c1cccc(Br)c1. The minimum absolute atomic E-state index is 0.467. The summed E-state index contributed by atoms with van der Waals surface area (Å²) in [6.45, 7) is 1.73. The van der Waals surface area contributed by atoms with Crippen LogP contribution in [-0.4, -0.2) is 24.0 Å². The number of carbonyl (C=O) groups excluding carboxylic acids is 2. The standard InChI is InChI=1S/C18H17BrN2O4/c1-10-16(25-14-8-3-2-7-13(14)24-10)18(23)21-15(17(20)22)11-5-4-6-12(19)9-11/h2-10,15-16H,1H3,(H2,20,22)(H,21,23)/t10-,15-,16+/m0/s1. The average Bonchev–Trinajstić information content (AvgIpc) is 2.58. The molecule has 0 bridgehead atoms. The summed E-state index contributed by atoms with van der Waals surface area (Å²) in [4.78, 5) is 24.5. The second kappa shape index (κ2) is 7.14. The van der Waals surface area contributed by atoms with Crippen LogP contribution in [0.5, 0.6) is 11.5 Å². The van der Waals surface area contributed by atoms with Gasteiger partial charge in [0.2, 0.25) is 12.0 Å². The summed E-state index contributed by atoms with van der Waals surface area (Å²) in [7, 11) is 0. The number of fused-ring (bicyclic) bond motifs is 1. The van der Waals surface area contributed by atoms with E-state index in [9.17, 15) is 9.59 Å². The summed E-state index contributed by atoms with van der Waals surface area (Å²) in [5.41, 5.74) is 6.05. The smallest absolute Gasteiger partial charge is 0.265 e. The number of primary amides is 1. The molecule has 2 aromatic carbocycles. The highest BCUT2D eigenvalue weighted by Gasteiger charge is 2.36. The lowest BCUT2D eigenvalue weighted by molar-refractivity contribution is -0.136. The predicted octanol–water partition coefficient (Wildman–Crippen LogP) is 2.32. The Bertz CT molecular complexity index is 811. The number of nitrogens with two attached hydrogens (primary N) is 1. The molecule has 3 rings (SSSR count). The van der Waals surface area contributed by atoms with Gasteiger partial charge in [-0.15, -0.1) is 0 Å². The molecule has 0 radical (unpaired) electrons. The van der Waals surface area contributed by atoms with Crippen molar-refractivity contribution in [3.8, 4) is 11.5 Å². The van der Waals surface area contributed by atoms with E-state index in [-0.39, 0.29) is 0 Å². The van der Waals surface area contributed by atoms with Gasteiger partial charge in [-0.1, -0.05) is 40.2 Å². The number of ether oxygens (including phenoxy) is 2. The van der Waals surface area contributed by atoms with Gasteiger partial charge in [0.05, 0.1) is 0 Å². The largest absolute Gasteiger partial charge is 0.482 e. The van der Waals surface area contributed by atoms with Gasteiger partial charge in [0, 0.05) is 4.47 Å². The number of carbonyl (C=O) groups is 2. The zero-order chi connectivity index (χ0) is 18.0. The molecule has 1 aliphatic rings. The third-order valence-electron chi connectivity index (χ3n) is 3.85. The molecule has 0 aliphatic carbocycles. The lowest BCUT2D eigenvalue weighted by Gasteiger charge is -2.31. The van der Waals surface area contributed by atoms with Crippen LogP contribution < -0.4 is 20.5 Å². The molecule has 7 heteroatoms. The van der Waals surface area contributed by atoms with Crippen molar-refractivity contribution < 1.29 is 19.1 Å². The number of halogens is 1. The van der Waals surface area contributed by atoms with Crippen molar-refractivity contribution in [2.24, 2.45) is 5.73 Å². The molecule has 0 aromatic heterocycles. The molecule has 0 fully saturated rings. The number of para-hydroxylation sites is 2. The Morgan fingerprint density at radius 3 is 2.44 bits per heavy atom. The fourth-order valence-electron chi connectivity index (χ4n) is 2.64. The van der Waals surface area contributed by atoms with Crippen LogP contribution in [0.2, 0.25) is 0 Å². The molecule has 0 saturated heterocycles. The zero-order valence-electron chi connectivity index (χ0n) is 13.4. The van der Waals surface area contributed by atoms with E-state index in [4.69, 9.17) is 15.2 Å². The maximum atomic E-state index is 12.7. The number of amides is 2. The lowest BCUT2D eigenvalue weighted by atomic mass is 10.1. The van der Waals surface area contributed by atoms with Gasteiger partial charge in [-0.25, -0.2) is 0 Å². The summed E-state index contributed by atoms with van der Waals surface area (Å²) in [5, 5.41) is 2.65. The molecule has 3 atom stereocenters. The van der Waals surface area contributed by atoms with Gasteiger partial charge in [-0.2, -0.15) is 0 Å². The van der Waals surface area contributed by atoms with Crippen LogP contribution in [0.1, 0.15) is 18.5 Å². The third kappa shape index (κ3) is 3.76. The molecule has 1 heterocycles. The van der Waals surface area contributed by atoms with Crippen molar-refractivity contribution in [1.82, 2.24) is 5.32 Å². The molecular weight excluding hydrogens is 388 g/mol. The Hall–Kier alpha value is -2.54. The molecule has 130 valence electrons. The van der Waals surface area contributed by atoms with Gasteiger partial charge in [-0.3, -0.25) is 9.59 Å². The minimum Gasteiger partial charge on any atom is -0.482 e. The van der Waals surface area contributed by atoms with Crippen LogP contribution in [0.3, 0.4) is 0 Å². The van der Waals surface area contributed by atoms with E-state index in [0.29, 0.717) is 17.1 Å². The second-order valence-electron chi connectivity index (χ2n) is 5.71. The minimum atomic E-state index is -0.960. The van der Waals surface area contributed by atoms with Crippen LogP contribution in [0.4, 0.5) is 0 Å². The third-order valence-corrected chi connectivity index (χ3v) is 4.35. The number of nitrogens with one attached hydrogen (secondary N) is 1. The molecule has 2 aromatic rings. The van der Waals surface area contributed by atoms with Crippen molar-refractivity contribution in [1.29, 1.82) is 0 Å². The monoisotopic (exact) mass is 404 g/mol. The summed E-state index contributed by atoms with van der Waals surface area (Å²) >= 11 is 3.34. The molecular formula is C18H17BrN2O4. The molecule has 2 amide bonds. The molecule has 25 heavy (non-hydrogen) atoms. The first-order chi connectivity index (χ1) is 12.0. The molecule has 0 unspecified atom stereocenters. The van der Waals surface area contributed by atoms with E-state index >= 15 is 0 Å². The first-order valence-corrected chi connectivity index (χ1v) is 8.52. The Kier molecular flexibility index (Phi) is 4.94. The Labute approximate surface area is 153 Å². The van der Waals surface area contributed by atoms with Crippen molar-refractivity contribution in [2.75, 3.05) is 0 Å². The normalized spacial score (nSPS) is 19.8. The van der Waals surface area contributed by atoms with E-state index in [2.05, 4.69) is 21.2 Å². The Balaban J connectivity index is 1.79. The number of rotatable bonds is 4. The van der Waals surface area contributed by atoms with Crippen LogP contribution in [-0.2, 0) is 9.59 Å². The summed E-state index contributed by atoms with van der Waals surface area (Å²) in [5.74, 6) is -0.0571. The number of hydrogen-bond donors (Lipinski definition) is 2. The second-order valence-corrected chi connectivity index (χ2v) is 6.62. The summed E-state index contributed by atoms with van der Waals surface area (Å²) < 4.78 is 12.3. The number of hydrogen-bond acceptors (Lipinski definition) is 4. The maximum absolute atomic E-state index is 12.7. The lowest BCUT2D eigenvalue weighted by Crippen LogP contribution is -2.51. The van der Waals surface area contributed by atoms with Crippen LogP contribution in [0.15, 0.2) is 53.0 Å². The molecule has 6 nitrogen and oxygen atoms in total. The van der Waals surface area contributed by atoms with Gasteiger partial charge in [0.1, 0.15) is 12.1 Å². The van der Waals surface area contributed by atoms with Gasteiger partial charge in [-0.05, 0) is 36.8 Å². The van der Waals surface area contributed by atoms with Gasteiger partial charge < -0.3 is 20.5 Å². The van der Waals surface area contributed by atoms with Crippen LogP contribution in [0, 0.1) is 0 Å². The highest BCUT2D eigenvalue weighted by atomic mass is 79.9. The molecule has 0 saturated carbocycles. The van der Waals surface area contributed by atoms with Crippen LogP contribution in [0.25, 0.3) is 0 Å². The van der Waals surface area contributed by atoms with Gasteiger partial charge in [0.25, 0.3) is 5.91 Å². The fourth-order valence-corrected chi connectivity index (χ4v) is 3.05. The molecule has 1 aliphatic heterocycles. The first kappa shape index (κ1) is 17.3. The van der Waals surface area contributed by atoms with Crippen molar-refractivity contribution in [3.63, 3.8) is 0 Å². The van der Waals surface area contributed by atoms with Crippen molar-refractivity contribution in [3.05, 3.63) is 58.6 Å². The van der Waals surface area contributed by atoms with E-state index in [1.165, 1.54) is 0 Å². The topological polar surface area (TPSA) is 90.7 Å². The summed E-state index contributed by atoms with van der Waals surface area (Å²) in [6.07, 6.45) is -1.39. The predicted molar refractivity (Wildman–Crippen MR) is 95.2 cm³/mol. The summed E-state index contributed by atoms with van der Waals surface area (Å²) in [6, 6.07) is 13.2. The molecule has 3 N–H and O–H groups in total. The molecule has 0 spiro atoms. The van der Waals surface area contributed by atoms with Gasteiger partial charge in [0.15, 0.2) is 11.5 Å². The van der Waals surface area contributed by atoms with Crippen molar-refractivity contribution in [2.45, 2.75) is 25.2 Å². The Morgan fingerprint density at radius 1 is 1.12 bits per heavy atom. The van der Waals surface area contributed by atoms with E-state index in [1.54, 1.807) is 43.3 Å². The van der Waals surface area contributed by atoms with E-state index < -0.39 is 30.1 Å². The number of benzene rings is 2. The van der Waals surface area contributed by atoms with E-state index in [1.807, 2.05) is 12.1 Å². The highest BCUT2D eigenvalue weighted by Crippen LogP contribution is 2.33.